The van der Waals surface area contributed by atoms with Crippen LogP contribution in [0.4, 0.5) is 0 Å². The maximum Gasteiger partial charge on any atom is 0.343 e. The van der Waals surface area contributed by atoms with E-state index in [2.05, 4.69) is 4.99 Å². The van der Waals surface area contributed by atoms with Crippen LogP contribution in [-0.2, 0) is 9.63 Å². The van der Waals surface area contributed by atoms with Gasteiger partial charge in [-0.25, -0.2) is 4.79 Å². The number of nitrogens with zero attached hydrogens (tertiary/aromatic N) is 2. The minimum Gasteiger partial charge on any atom is -0.497 e. The van der Waals surface area contributed by atoms with E-state index in [9.17, 15) is 9.59 Å². The lowest BCUT2D eigenvalue weighted by Crippen LogP contribution is -2.38. The fraction of sp³-hybridized carbons (Fsp3) is 0.167. The Balaban J connectivity index is 1.64. The van der Waals surface area contributed by atoms with E-state index < -0.39 is 11.9 Å². The van der Waals surface area contributed by atoms with E-state index in [1.54, 1.807) is 50.3 Å². The van der Waals surface area contributed by atoms with E-state index in [4.69, 9.17) is 36.1 Å². The van der Waals surface area contributed by atoms with E-state index in [-0.39, 0.29) is 40.4 Å². The second-order valence-corrected chi connectivity index (χ2v) is 7.61. The standard InChI is InChI=1S/C24H20ClN3O6/c1-4-32-19-12-14(10-17-22(26)28-20(27-23(17)29)9-13(2)34-28)11-18(25)21(19)33-24(30)15-5-7-16(31-3)8-6-15/h5-12,26H,4H2,1-3H3/b17-10-,26-22?. The maximum absolute atomic E-state index is 12.6. The summed E-state index contributed by atoms with van der Waals surface area (Å²) in [5.74, 6) is 0.239. The molecular weight excluding hydrogens is 462 g/mol. The molecule has 9 nitrogen and oxygen atoms in total. The van der Waals surface area contributed by atoms with Crippen LogP contribution in [0.2, 0.25) is 5.02 Å². The Morgan fingerprint density at radius 2 is 2.00 bits per heavy atom. The largest absolute Gasteiger partial charge is 0.497 e. The van der Waals surface area contributed by atoms with Crippen molar-refractivity contribution in [2.45, 2.75) is 13.8 Å². The topological polar surface area (TPSA) is 111 Å². The van der Waals surface area contributed by atoms with Crippen molar-refractivity contribution in [3.05, 3.63) is 70.0 Å². The molecule has 0 saturated carbocycles. The molecule has 2 aromatic carbocycles. The van der Waals surface area contributed by atoms with E-state index in [1.807, 2.05) is 0 Å². The van der Waals surface area contributed by atoms with Crippen molar-refractivity contribution >= 4 is 41.2 Å². The smallest absolute Gasteiger partial charge is 0.343 e. The van der Waals surface area contributed by atoms with Gasteiger partial charge in [0.05, 0.1) is 29.9 Å². The molecule has 0 saturated heterocycles. The molecule has 0 unspecified atom stereocenters. The molecule has 2 aromatic rings. The van der Waals surface area contributed by atoms with E-state index in [0.717, 1.165) is 0 Å². The van der Waals surface area contributed by atoms with Gasteiger partial charge in [-0.3, -0.25) is 10.2 Å². The van der Waals surface area contributed by atoms with Crippen molar-refractivity contribution in [1.29, 1.82) is 5.41 Å². The van der Waals surface area contributed by atoms with Crippen LogP contribution in [0.3, 0.4) is 0 Å². The maximum atomic E-state index is 12.6. The first-order valence-corrected chi connectivity index (χ1v) is 10.6. The lowest BCUT2D eigenvalue weighted by atomic mass is 10.1. The van der Waals surface area contributed by atoms with Gasteiger partial charge in [-0.1, -0.05) is 11.6 Å². The third kappa shape index (κ3) is 4.51. The van der Waals surface area contributed by atoms with Gasteiger partial charge in [0.1, 0.15) is 11.5 Å². The Kier molecular flexibility index (Phi) is 6.38. The zero-order valence-corrected chi connectivity index (χ0v) is 19.3. The van der Waals surface area contributed by atoms with Gasteiger partial charge in [0, 0.05) is 6.08 Å². The van der Waals surface area contributed by atoms with Crippen molar-refractivity contribution in [1.82, 2.24) is 5.06 Å². The number of allylic oxidation sites excluding steroid dienone is 1. The summed E-state index contributed by atoms with van der Waals surface area (Å²) >= 11 is 6.43. The summed E-state index contributed by atoms with van der Waals surface area (Å²) in [6.45, 7) is 3.74. The molecule has 0 aromatic heterocycles. The Labute approximate surface area is 200 Å². The van der Waals surface area contributed by atoms with Crippen LogP contribution in [0, 0.1) is 5.41 Å². The number of benzene rings is 2. The highest BCUT2D eigenvalue weighted by molar-refractivity contribution is 6.34. The second-order valence-electron chi connectivity index (χ2n) is 7.20. The number of halogens is 1. The molecule has 10 heteroatoms. The average Bonchev–Trinajstić information content (AvgIpc) is 3.19. The Bertz CT molecular complexity index is 1280. The first kappa shape index (κ1) is 23.1. The number of methoxy groups -OCH3 is 1. The summed E-state index contributed by atoms with van der Waals surface area (Å²) in [5, 5.41) is 9.60. The number of hydrogen-bond donors (Lipinski definition) is 1. The Morgan fingerprint density at radius 1 is 1.26 bits per heavy atom. The quantitative estimate of drug-likeness (QED) is 0.369. The predicted octanol–water partition coefficient (Wildman–Crippen LogP) is 4.42. The molecule has 4 rings (SSSR count). The summed E-state index contributed by atoms with van der Waals surface area (Å²) in [4.78, 5) is 34.5. The molecule has 0 spiro atoms. The molecule has 34 heavy (non-hydrogen) atoms. The van der Waals surface area contributed by atoms with Gasteiger partial charge in [0.15, 0.2) is 23.2 Å². The molecule has 1 N–H and O–H groups in total. The van der Waals surface area contributed by atoms with Crippen molar-refractivity contribution in [3.63, 3.8) is 0 Å². The van der Waals surface area contributed by atoms with Gasteiger partial charge in [0.2, 0.25) is 0 Å². The van der Waals surface area contributed by atoms with Crippen LogP contribution in [-0.4, -0.2) is 42.3 Å². The van der Waals surface area contributed by atoms with Crippen LogP contribution in [0.5, 0.6) is 17.2 Å². The monoisotopic (exact) mass is 481 g/mol. The highest BCUT2D eigenvalue weighted by Crippen LogP contribution is 2.38. The van der Waals surface area contributed by atoms with Crippen LogP contribution in [0.15, 0.2) is 58.8 Å². The first-order valence-electron chi connectivity index (χ1n) is 10.2. The fourth-order valence-electron chi connectivity index (χ4n) is 3.28. The van der Waals surface area contributed by atoms with Crippen molar-refractivity contribution < 1.29 is 28.6 Å². The van der Waals surface area contributed by atoms with E-state index in [0.29, 0.717) is 22.6 Å². The van der Waals surface area contributed by atoms with Crippen LogP contribution >= 0.6 is 11.6 Å². The van der Waals surface area contributed by atoms with Crippen molar-refractivity contribution in [3.8, 4) is 17.2 Å². The zero-order valence-electron chi connectivity index (χ0n) is 18.5. The molecule has 2 aliphatic rings. The van der Waals surface area contributed by atoms with Gasteiger partial charge >= 0.3 is 5.97 Å². The summed E-state index contributed by atoms with van der Waals surface area (Å²) < 4.78 is 16.3. The normalized spacial score (nSPS) is 16.0. The van der Waals surface area contributed by atoms with Gasteiger partial charge in [-0.15, -0.1) is 5.06 Å². The SMILES string of the molecule is CCOc1cc(/C=C2/C(=N)N3OC(C)=CC3=NC2=O)cc(Cl)c1OC(=O)c1ccc(OC)cc1. The number of nitrogens with one attached hydrogen (secondary N) is 1. The summed E-state index contributed by atoms with van der Waals surface area (Å²) in [7, 11) is 1.53. The lowest BCUT2D eigenvalue weighted by Gasteiger charge is -2.23. The fourth-order valence-corrected chi connectivity index (χ4v) is 3.54. The third-order valence-electron chi connectivity index (χ3n) is 4.84. The summed E-state index contributed by atoms with van der Waals surface area (Å²) in [6.07, 6.45) is 3.02. The molecule has 0 fully saturated rings. The van der Waals surface area contributed by atoms with Crippen LogP contribution in [0.1, 0.15) is 29.8 Å². The van der Waals surface area contributed by atoms with Crippen LogP contribution in [0.25, 0.3) is 6.08 Å². The number of hydrogen-bond acceptors (Lipinski definition) is 7. The number of aliphatic imine (C=N–C) groups is 1. The molecule has 2 aliphatic heterocycles. The Hall–Kier alpha value is -4.11. The van der Waals surface area contributed by atoms with E-state index in [1.165, 1.54) is 24.3 Å². The summed E-state index contributed by atoms with van der Waals surface area (Å²) in [5.41, 5.74) is 0.761. The highest BCUT2D eigenvalue weighted by atomic mass is 35.5. The number of amidine groups is 2. The molecule has 174 valence electrons. The molecule has 0 radical (unpaired) electrons. The second kappa shape index (κ2) is 9.40. The number of ether oxygens (including phenoxy) is 3. The number of carbonyl (C=O) groups excluding carboxylic acids is 2. The first-order chi connectivity index (χ1) is 16.3. The van der Waals surface area contributed by atoms with Gasteiger partial charge in [0.25, 0.3) is 5.91 Å². The lowest BCUT2D eigenvalue weighted by molar-refractivity contribution is -0.114. The van der Waals surface area contributed by atoms with E-state index >= 15 is 0 Å². The molecular formula is C24H20ClN3O6. The predicted molar refractivity (Wildman–Crippen MR) is 125 cm³/mol. The number of rotatable bonds is 6. The number of amides is 1. The minimum absolute atomic E-state index is 0.00772. The van der Waals surface area contributed by atoms with Crippen molar-refractivity contribution in [2.24, 2.45) is 4.99 Å². The van der Waals surface area contributed by atoms with Gasteiger partial charge < -0.3 is 19.0 Å². The molecule has 1 amide bonds. The van der Waals surface area contributed by atoms with Crippen LogP contribution < -0.4 is 14.2 Å². The minimum atomic E-state index is -0.628. The van der Waals surface area contributed by atoms with Crippen molar-refractivity contribution in [2.75, 3.05) is 13.7 Å². The summed E-state index contributed by atoms with van der Waals surface area (Å²) in [6, 6.07) is 9.49. The highest BCUT2D eigenvalue weighted by Gasteiger charge is 2.34. The number of fused-ring (bicyclic) bond motifs is 1. The third-order valence-corrected chi connectivity index (χ3v) is 5.12. The van der Waals surface area contributed by atoms with Gasteiger partial charge in [-0.2, -0.15) is 4.99 Å². The Morgan fingerprint density at radius 3 is 2.68 bits per heavy atom. The zero-order chi connectivity index (χ0) is 24.4. The number of hydroxylamine groups is 2. The molecule has 0 aliphatic carbocycles. The molecule has 0 bridgehead atoms. The average molecular weight is 482 g/mol. The van der Waals surface area contributed by atoms with Gasteiger partial charge in [-0.05, 0) is 61.9 Å². The number of esters is 1. The number of carbonyl (C=O) groups is 2. The molecule has 0 atom stereocenters. The molecule has 2 heterocycles.